The number of halogens is 2. The molecule has 0 fully saturated rings. The summed E-state index contributed by atoms with van der Waals surface area (Å²) in [6.07, 6.45) is 1.65. The number of ether oxygens (including phenoxy) is 1. The first kappa shape index (κ1) is 16.2. The van der Waals surface area contributed by atoms with Crippen LogP contribution in [0.15, 0.2) is 53.2 Å². The minimum atomic E-state index is -0.491. The summed E-state index contributed by atoms with van der Waals surface area (Å²) in [5.74, 6) is -0.331. The van der Waals surface area contributed by atoms with Crippen LogP contribution >= 0.6 is 11.6 Å². The van der Waals surface area contributed by atoms with Crippen LogP contribution in [-0.2, 0) is 16.2 Å². The third-order valence-electron chi connectivity index (χ3n) is 3.43. The fourth-order valence-corrected chi connectivity index (χ4v) is 2.44. The van der Waals surface area contributed by atoms with E-state index in [0.29, 0.717) is 27.6 Å². The highest BCUT2D eigenvalue weighted by Gasteiger charge is 2.21. The molecule has 0 N–H and O–H groups in total. The van der Waals surface area contributed by atoms with Crippen LogP contribution in [0.2, 0.25) is 5.02 Å². The standard InChI is InChI=1S/C18H13ClFNO3/c1-11-15(18(22)24-21-11)8-12-5-6-17(16(19)9-12)23-10-13-3-2-4-14(20)7-13/h2-9H,10H2,1H3/b15-8+. The van der Waals surface area contributed by atoms with Gasteiger partial charge in [0.2, 0.25) is 0 Å². The highest BCUT2D eigenvalue weighted by Crippen LogP contribution is 2.28. The van der Waals surface area contributed by atoms with E-state index in [4.69, 9.17) is 16.3 Å². The Hall–Kier alpha value is -2.66. The van der Waals surface area contributed by atoms with Gasteiger partial charge in [-0.3, -0.25) is 0 Å². The molecular formula is C18H13ClFNO3. The first-order chi connectivity index (χ1) is 11.5. The monoisotopic (exact) mass is 345 g/mol. The Morgan fingerprint density at radius 1 is 1.29 bits per heavy atom. The maximum atomic E-state index is 13.1. The Labute approximate surface area is 143 Å². The molecule has 2 aromatic carbocycles. The molecule has 1 aliphatic heterocycles. The Kier molecular flexibility index (Phi) is 4.62. The summed E-state index contributed by atoms with van der Waals surface area (Å²) in [5.41, 5.74) is 2.33. The molecule has 0 amide bonds. The van der Waals surface area contributed by atoms with Crippen LogP contribution in [0.1, 0.15) is 18.1 Å². The quantitative estimate of drug-likeness (QED) is 0.610. The summed E-state index contributed by atoms with van der Waals surface area (Å²) in [6.45, 7) is 1.89. The van der Waals surface area contributed by atoms with Crippen molar-refractivity contribution in [3.63, 3.8) is 0 Å². The lowest BCUT2D eigenvalue weighted by molar-refractivity contribution is -0.136. The fraction of sp³-hybridized carbons (Fsp3) is 0.111. The second-order valence-electron chi connectivity index (χ2n) is 5.22. The molecule has 0 aromatic heterocycles. The number of carbonyl (C=O) groups is 1. The number of carbonyl (C=O) groups excluding carboxylic acids is 1. The molecule has 0 radical (unpaired) electrons. The van der Waals surface area contributed by atoms with E-state index >= 15 is 0 Å². The molecule has 4 nitrogen and oxygen atoms in total. The van der Waals surface area contributed by atoms with Crippen molar-refractivity contribution < 1.29 is 18.8 Å². The molecule has 24 heavy (non-hydrogen) atoms. The molecule has 0 saturated heterocycles. The molecule has 0 bridgehead atoms. The van der Waals surface area contributed by atoms with Crippen LogP contribution < -0.4 is 4.74 Å². The number of rotatable bonds is 4. The first-order valence-electron chi connectivity index (χ1n) is 7.18. The Bertz CT molecular complexity index is 861. The van der Waals surface area contributed by atoms with Crippen LogP contribution in [0.5, 0.6) is 5.75 Å². The average Bonchev–Trinajstić information content (AvgIpc) is 2.86. The number of oxime groups is 1. The SMILES string of the molecule is CC1=NOC(=O)/C1=C/c1ccc(OCc2cccc(F)c2)c(Cl)c1. The van der Waals surface area contributed by atoms with Crippen molar-refractivity contribution in [2.45, 2.75) is 13.5 Å². The van der Waals surface area contributed by atoms with Gasteiger partial charge in [-0.15, -0.1) is 0 Å². The number of hydrogen-bond donors (Lipinski definition) is 0. The second kappa shape index (κ2) is 6.84. The number of benzene rings is 2. The lowest BCUT2D eigenvalue weighted by Crippen LogP contribution is -2.01. The highest BCUT2D eigenvalue weighted by molar-refractivity contribution is 6.32. The number of nitrogens with zero attached hydrogens (tertiary/aromatic N) is 1. The minimum Gasteiger partial charge on any atom is -0.487 e. The van der Waals surface area contributed by atoms with Gasteiger partial charge in [-0.25, -0.2) is 9.18 Å². The molecule has 1 aliphatic rings. The maximum Gasteiger partial charge on any atom is 0.367 e. The summed E-state index contributed by atoms with van der Waals surface area (Å²) in [5, 5.41) is 4.01. The van der Waals surface area contributed by atoms with E-state index in [0.717, 1.165) is 5.56 Å². The average molecular weight is 346 g/mol. The van der Waals surface area contributed by atoms with Gasteiger partial charge < -0.3 is 9.57 Å². The van der Waals surface area contributed by atoms with Gasteiger partial charge in [0, 0.05) is 0 Å². The molecular weight excluding hydrogens is 333 g/mol. The van der Waals surface area contributed by atoms with Crippen LogP contribution in [0.4, 0.5) is 4.39 Å². The molecule has 0 atom stereocenters. The predicted molar refractivity (Wildman–Crippen MR) is 89.4 cm³/mol. The lowest BCUT2D eigenvalue weighted by Gasteiger charge is -2.09. The van der Waals surface area contributed by atoms with E-state index in [-0.39, 0.29) is 12.4 Å². The molecule has 2 aromatic rings. The molecule has 122 valence electrons. The molecule has 6 heteroatoms. The summed E-state index contributed by atoms with van der Waals surface area (Å²) in [6, 6.07) is 11.3. The van der Waals surface area contributed by atoms with Crippen LogP contribution in [0.3, 0.4) is 0 Å². The first-order valence-corrected chi connectivity index (χ1v) is 7.55. The van der Waals surface area contributed by atoms with Gasteiger partial charge in [-0.1, -0.05) is 35.0 Å². The molecule has 0 spiro atoms. The van der Waals surface area contributed by atoms with Crippen molar-refractivity contribution in [3.8, 4) is 5.75 Å². The van der Waals surface area contributed by atoms with Crippen molar-refractivity contribution in [2.24, 2.45) is 5.16 Å². The van der Waals surface area contributed by atoms with E-state index in [2.05, 4.69) is 9.99 Å². The second-order valence-corrected chi connectivity index (χ2v) is 5.63. The van der Waals surface area contributed by atoms with Crippen molar-refractivity contribution in [1.82, 2.24) is 0 Å². The van der Waals surface area contributed by atoms with E-state index in [1.165, 1.54) is 12.1 Å². The smallest absolute Gasteiger partial charge is 0.367 e. The van der Waals surface area contributed by atoms with E-state index < -0.39 is 5.97 Å². The zero-order chi connectivity index (χ0) is 17.1. The molecule has 3 rings (SSSR count). The fourth-order valence-electron chi connectivity index (χ4n) is 2.20. The molecule has 0 aliphatic carbocycles. The summed E-state index contributed by atoms with van der Waals surface area (Å²) < 4.78 is 18.8. The maximum absolute atomic E-state index is 13.1. The van der Waals surface area contributed by atoms with Gasteiger partial charge in [-0.05, 0) is 48.4 Å². The predicted octanol–water partition coefficient (Wildman–Crippen LogP) is 4.37. The van der Waals surface area contributed by atoms with Gasteiger partial charge >= 0.3 is 5.97 Å². The third kappa shape index (κ3) is 3.63. The van der Waals surface area contributed by atoms with Crippen molar-refractivity contribution in [3.05, 3.63) is 70.0 Å². The van der Waals surface area contributed by atoms with Gasteiger partial charge in [0.25, 0.3) is 0 Å². The zero-order valence-electron chi connectivity index (χ0n) is 12.8. The molecule has 1 heterocycles. The largest absolute Gasteiger partial charge is 0.487 e. The molecule has 0 saturated carbocycles. The van der Waals surface area contributed by atoms with Gasteiger partial charge in [0.05, 0.1) is 16.3 Å². The normalized spacial score (nSPS) is 15.4. The van der Waals surface area contributed by atoms with Crippen LogP contribution in [0.25, 0.3) is 6.08 Å². The summed E-state index contributed by atoms with van der Waals surface area (Å²) >= 11 is 6.21. The Morgan fingerprint density at radius 3 is 2.79 bits per heavy atom. The van der Waals surface area contributed by atoms with E-state index in [1.54, 1.807) is 43.3 Å². The van der Waals surface area contributed by atoms with Crippen molar-refractivity contribution >= 4 is 29.4 Å². The van der Waals surface area contributed by atoms with Crippen molar-refractivity contribution in [2.75, 3.05) is 0 Å². The zero-order valence-corrected chi connectivity index (χ0v) is 13.5. The Balaban J connectivity index is 1.74. The highest BCUT2D eigenvalue weighted by atomic mass is 35.5. The van der Waals surface area contributed by atoms with Crippen LogP contribution in [-0.4, -0.2) is 11.7 Å². The third-order valence-corrected chi connectivity index (χ3v) is 3.72. The van der Waals surface area contributed by atoms with Gasteiger partial charge in [-0.2, -0.15) is 0 Å². The van der Waals surface area contributed by atoms with Gasteiger partial charge in [0.1, 0.15) is 18.2 Å². The number of hydrogen-bond acceptors (Lipinski definition) is 4. The van der Waals surface area contributed by atoms with E-state index in [9.17, 15) is 9.18 Å². The lowest BCUT2D eigenvalue weighted by atomic mass is 10.1. The minimum absolute atomic E-state index is 0.204. The summed E-state index contributed by atoms with van der Waals surface area (Å²) in [7, 11) is 0. The topological polar surface area (TPSA) is 47.9 Å². The van der Waals surface area contributed by atoms with Gasteiger partial charge in [0.15, 0.2) is 0 Å². The molecule has 0 unspecified atom stereocenters. The van der Waals surface area contributed by atoms with Crippen LogP contribution in [0, 0.1) is 5.82 Å². The van der Waals surface area contributed by atoms with E-state index in [1.807, 2.05) is 0 Å². The van der Waals surface area contributed by atoms with Crippen molar-refractivity contribution in [1.29, 1.82) is 0 Å². The summed E-state index contributed by atoms with van der Waals surface area (Å²) in [4.78, 5) is 16.1. The Morgan fingerprint density at radius 2 is 2.12 bits per heavy atom.